The number of ether oxygens (including phenoxy) is 1. The van der Waals surface area contributed by atoms with Crippen LogP contribution in [-0.4, -0.2) is 36.2 Å². The van der Waals surface area contributed by atoms with Crippen molar-refractivity contribution in [1.29, 1.82) is 0 Å². The maximum atomic E-state index is 12.4. The number of sulfonamides is 1. The van der Waals surface area contributed by atoms with Gasteiger partial charge in [0, 0.05) is 6.26 Å². The van der Waals surface area contributed by atoms with Gasteiger partial charge in [-0.1, -0.05) is 12.1 Å². The van der Waals surface area contributed by atoms with Crippen molar-refractivity contribution in [1.82, 2.24) is 0 Å². The van der Waals surface area contributed by atoms with Gasteiger partial charge in [-0.3, -0.25) is 4.72 Å². The lowest BCUT2D eigenvalue weighted by molar-refractivity contribution is 0.0602. The van der Waals surface area contributed by atoms with Crippen molar-refractivity contribution in [3.63, 3.8) is 0 Å². The molecule has 0 amide bonds. The summed E-state index contributed by atoms with van der Waals surface area (Å²) in [5.74, 6) is -0.680. The Morgan fingerprint density at radius 2 is 1.46 bits per heavy atom. The Kier molecular flexibility index (Phi) is 4.95. The number of hydrogen-bond acceptors (Lipinski definition) is 6. The molecule has 0 spiro atoms. The van der Waals surface area contributed by atoms with Gasteiger partial charge in [0.15, 0.2) is 9.84 Å². The fraction of sp³-hybridized carbons (Fsp3) is 0.133. The van der Waals surface area contributed by atoms with Crippen molar-refractivity contribution in [3.8, 4) is 0 Å². The van der Waals surface area contributed by atoms with Crippen molar-refractivity contribution in [2.24, 2.45) is 0 Å². The molecule has 0 aliphatic rings. The molecule has 7 nitrogen and oxygen atoms in total. The topological polar surface area (TPSA) is 107 Å². The number of anilines is 1. The number of hydrogen-bond donors (Lipinski definition) is 1. The minimum atomic E-state index is -3.99. The molecular weight excluding hydrogens is 354 g/mol. The summed E-state index contributed by atoms with van der Waals surface area (Å²) in [6.07, 6.45) is 1.03. The normalized spacial score (nSPS) is 11.8. The van der Waals surface area contributed by atoms with Gasteiger partial charge in [0.25, 0.3) is 10.0 Å². The first-order valence-electron chi connectivity index (χ1n) is 6.65. The number of carbonyl (C=O) groups excluding carboxylic acids is 1. The summed E-state index contributed by atoms with van der Waals surface area (Å²) < 4.78 is 54.6. The summed E-state index contributed by atoms with van der Waals surface area (Å²) in [5.41, 5.74) is 0.132. The van der Waals surface area contributed by atoms with E-state index in [4.69, 9.17) is 0 Å². The molecule has 2 aromatic rings. The highest BCUT2D eigenvalue weighted by atomic mass is 32.2. The fourth-order valence-electron chi connectivity index (χ4n) is 1.93. The predicted molar refractivity (Wildman–Crippen MR) is 88.1 cm³/mol. The van der Waals surface area contributed by atoms with Crippen LogP contribution in [0, 0.1) is 0 Å². The Hall–Kier alpha value is -2.39. The van der Waals surface area contributed by atoms with Crippen molar-refractivity contribution in [2.45, 2.75) is 9.79 Å². The van der Waals surface area contributed by atoms with E-state index in [0.717, 1.165) is 6.26 Å². The summed E-state index contributed by atoms with van der Waals surface area (Å²) >= 11 is 0. The van der Waals surface area contributed by atoms with Crippen LogP contribution >= 0.6 is 0 Å². The van der Waals surface area contributed by atoms with Crippen LogP contribution in [0.5, 0.6) is 0 Å². The number of nitrogens with one attached hydrogen (secondary N) is 1. The largest absolute Gasteiger partial charge is 0.465 e. The molecule has 0 heterocycles. The minimum absolute atomic E-state index is 0.0106. The van der Waals surface area contributed by atoms with E-state index in [1.54, 1.807) is 12.1 Å². The van der Waals surface area contributed by atoms with Gasteiger partial charge in [0.1, 0.15) is 0 Å². The first-order chi connectivity index (χ1) is 11.1. The van der Waals surface area contributed by atoms with Crippen LogP contribution in [0.3, 0.4) is 0 Å². The highest BCUT2D eigenvalue weighted by Gasteiger charge is 2.19. The third kappa shape index (κ3) is 3.92. The van der Waals surface area contributed by atoms with E-state index in [2.05, 4.69) is 9.46 Å². The monoisotopic (exact) mass is 369 g/mol. The molecule has 128 valence electrons. The van der Waals surface area contributed by atoms with Gasteiger partial charge in [-0.2, -0.15) is 0 Å². The molecule has 1 N–H and O–H groups in total. The van der Waals surface area contributed by atoms with E-state index < -0.39 is 25.8 Å². The van der Waals surface area contributed by atoms with Gasteiger partial charge in [-0.05, 0) is 36.4 Å². The first kappa shape index (κ1) is 18.0. The summed E-state index contributed by atoms with van der Waals surface area (Å²) in [5, 5.41) is 0. The molecule has 0 saturated heterocycles. The van der Waals surface area contributed by atoms with Crippen LogP contribution in [0.4, 0.5) is 5.69 Å². The van der Waals surface area contributed by atoms with Crippen molar-refractivity contribution < 1.29 is 26.4 Å². The van der Waals surface area contributed by atoms with E-state index in [-0.39, 0.29) is 21.0 Å². The van der Waals surface area contributed by atoms with Crippen LogP contribution in [0.25, 0.3) is 0 Å². The van der Waals surface area contributed by atoms with Crippen LogP contribution in [-0.2, 0) is 24.6 Å². The maximum Gasteiger partial charge on any atom is 0.339 e. The second-order valence-corrected chi connectivity index (χ2v) is 8.58. The zero-order valence-electron chi connectivity index (χ0n) is 12.9. The average Bonchev–Trinajstić information content (AvgIpc) is 2.53. The highest BCUT2D eigenvalue weighted by molar-refractivity contribution is 7.92. The van der Waals surface area contributed by atoms with Crippen molar-refractivity contribution in [2.75, 3.05) is 18.1 Å². The lowest BCUT2D eigenvalue weighted by Crippen LogP contribution is -2.16. The second kappa shape index (κ2) is 6.62. The van der Waals surface area contributed by atoms with Gasteiger partial charge in [0.2, 0.25) is 0 Å². The molecule has 2 aromatic carbocycles. The zero-order valence-corrected chi connectivity index (χ0v) is 14.5. The molecule has 2 rings (SSSR count). The van der Waals surface area contributed by atoms with E-state index in [9.17, 15) is 21.6 Å². The van der Waals surface area contributed by atoms with Gasteiger partial charge in [0.05, 0.1) is 28.2 Å². The standard InChI is InChI=1S/C15H15NO6S2/c1-22-15(17)13-5-3-4-6-14(13)16-24(20,21)12-9-7-11(8-10-12)23(2,18)19/h3-10,16H,1-2H3. The number of esters is 1. The molecule has 24 heavy (non-hydrogen) atoms. The van der Waals surface area contributed by atoms with Gasteiger partial charge < -0.3 is 4.74 Å². The van der Waals surface area contributed by atoms with E-state index in [0.29, 0.717) is 0 Å². The van der Waals surface area contributed by atoms with Crippen LogP contribution < -0.4 is 4.72 Å². The second-order valence-electron chi connectivity index (χ2n) is 4.89. The summed E-state index contributed by atoms with van der Waals surface area (Å²) in [4.78, 5) is 11.6. The number of rotatable bonds is 5. The van der Waals surface area contributed by atoms with Gasteiger partial charge >= 0.3 is 5.97 Å². The molecule has 0 bridgehead atoms. The number of methoxy groups -OCH3 is 1. The predicted octanol–water partition coefficient (Wildman–Crippen LogP) is 1.68. The highest BCUT2D eigenvalue weighted by Crippen LogP contribution is 2.21. The van der Waals surface area contributed by atoms with Crippen LogP contribution in [0.2, 0.25) is 0 Å². The fourth-order valence-corrected chi connectivity index (χ4v) is 3.64. The number of para-hydroxylation sites is 1. The number of benzene rings is 2. The molecule has 0 unspecified atom stereocenters. The van der Waals surface area contributed by atoms with Gasteiger partial charge in [-0.15, -0.1) is 0 Å². The molecule has 0 fully saturated rings. The first-order valence-corrected chi connectivity index (χ1v) is 10.0. The molecule has 0 saturated carbocycles. The Bertz CT molecular complexity index is 963. The van der Waals surface area contributed by atoms with E-state index in [1.807, 2.05) is 0 Å². The lowest BCUT2D eigenvalue weighted by atomic mass is 10.2. The summed E-state index contributed by atoms with van der Waals surface area (Å²) in [6.45, 7) is 0. The Labute approximate surface area is 140 Å². The third-order valence-corrected chi connectivity index (χ3v) is 5.65. The maximum absolute atomic E-state index is 12.4. The van der Waals surface area contributed by atoms with E-state index in [1.165, 1.54) is 43.5 Å². The Balaban J connectivity index is 2.38. The average molecular weight is 369 g/mol. The smallest absolute Gasteiger partial charge is 0.339 e. The van der Waals surface area contributed by atoms with Crippen LogP contribution in [0.15, 0.2) is 58.3 Å². The lowest BCUT2D eigenvalue weighted by Gasteiger charge is -2.11. The van der Waals surface area contributed by atoms with Crippen LogP contribution in [0.1, 0.15) is 10.4 Å². The third-order valence-electron chi connectivity index (χ3n) is 3.14. The van der Waals surface area contributed by atoms with Gasteiger partial charge in [-0.25, -0.2) is 21.6 Å². The molecular formula is C15H15NO6S2. The zero-order chi connectivity index (χ0) is 18.0. The van der Waals surface area contributed by atoms with Crippen molar-refractivity contribution >= 4 is 31.5 Å². The summed E-state index contributed by atoms with van der Waals surface area (Å²) in [7, 11) is -6.22. The molecule has 0 atom stereocenters. The SMILES string of the molecule is COC(=O)c1ccccc1NS(=O)(=O)c1ccc(S(C)(=O)=O)cc1. The molecule has 0 aromatic heterocycles. The minimum Gasteiger partial charge on any atom is -0.465 e. The molecule has 0 radical (unpaired) electrons. The molecule has 0 aliphatic heterocycles. The molecule has 9 heteroatoms. The Morgan fingerprint density at radius 1 is 0.917 bits per heavy atom. The molecule has 0 aliphatic carbocycles. The number of sulfone groups is 1. The van der Waals surface area contributed by atoms with E-state index >= 15 is 0 Å². The summed E-state index contributed by atoms with van der Waals surface area (Å²) in [6, 6.07) is 10.8. The Morgan fingerprint density at radius 3 is 2.00 bits per heavy atom. The van der Waals surface area contributed by atoms with Crippen molar-refractivity contribution in [3.05, 3.63) is 54.1 Å². The number of carbonyl (C=O) groups is 1. The quantitative estimate of drug-likeness (QED) is 0.804.